The molecule has 0 radical (unpaired) electrons. The van der Waals surface area contributed by atoms with Crippen molar-refractivity contribution < 1.29 is 5.11 Å². The van der Waals surface area contributed by atoms with Gasteiger partial charge < -0.3 is 5.11 Å². The Bertz CT molecular complexity index is 272. The molecular weight excluding hydrogens is 172 g/mol. The molecule has 0 saturated heterocycles. The van der Waals surface area contributed by atoms with Gasteiger partial charge in [-0.2, -0.15) is 0 Å². The van der Waals surface area contributed by atoms with E-state index >= 15 is 0 Å². The molecule has 0 aromatic heterocycles. The average molecular weight is 192 g/mol. The minimum atomic E-state index is -0.552. The molecule has 1 rings (SSSR count). The van der Waals surface area contributed by atoms with Gasteiger partial charge in [-0.25, -0.2) is 0 Å². The second-order valence-electron chi connectivity index (χ2n) is 4.41. The molecule has 1 heteroatoms. The van der Waals surface area contributed by atoms with E-state index in [0.717, 1.165) is 19.3 Å². The van der Waals surface area contributed by atoms with Gasteiger partial charge in [-0.3, -0.25) is 0 Å². The molecule has 0 saturated carbocycles. The Morgan fingerprint density at radius 3 is 2.29 bits per heavy atom. The number of aliphatic hydroxyl groups is 1. The Hall–Kier alpha value is -0.820. The van der Waals surface area contributed by atoms with E-state index in [1.807, 2.05) is 6.92 Å². The van der Waals surface area contributed by atoms with Crippen LogP contribution in [-0.2, 0) is 6.42 Å². The van der Waals surface area contributed by atoms with Gasteiger partial charge in [0.05, 0.1) is 5.60 Å². The third-order valence-corrected chi connectivity index (χ3v) is 2.49. The van der Waals surface area contributed by atoms with Crippen molar-refractivity contribution in [2.24, 2.45) is 0 Å². The lowest BCUT2D eigenvalue weighted by atomic mass is 9.92. The Morgan fingerprint density at radius 1 is 1.21 bits per heavy atom. The van der Waals surface area contributed by atoms with Crippen LogP contribution in [0.5, 0.6) is 0 Å². The van der Waals surface area contributed by atoms with Gasteiger partial charge in [-0.1, -0.05) is 43.2 Å². The fourth-order valence-corrected chi connectivity index (χ4v) is 1.77. The zero-order valence-corrected chi connectivity index (χ0v) is 9.38. The molecule has 1 unspecified atom stereocenters. The summed E-state index contributed by atoms with van der Waals surface area (Å²) in [6.07, 6.45) is 2.64. The summed E-state index contributed by atoms with van der Waals surface area (Å²) in [7, 11) is 0. The van der Waals surface area contributed by atoms with E-state index in [1.165, 1.54) is 11.1 Å². The van der Waals surface area contributed by atoms with E-state index in [1.54, 1.807) is 0 Å². The van der Waals surface area contributed by atoms with Gasteiger partial charge >= 0.3 is 0 Å². The Balaban J connectivity index is 2.64. The second-order valence-corrected chi connectivity index (χ2v) is 4.41. The minimum absolute atomic E-state index is 0.552. The third kappa shape index (κ3) is 3.51. The lowest BCUT2D eigenvalue weighted by Gasteiger charge is -2.22. The normalized spacial score (nSPS) is 15.1. The monoisotopic (exact) mass is 192 g/mol. The molecule has 0 amide bonds. The maximum atomic E-state index is 10.0. The highest BCUT2D eigenvalue weighted by molar-refractivity contribution is 5.22. The Morgan fingerprint density at radius 2 is 1.79 bits per heavy atom. The minimum Gasteiger partial charge on any atom is -0.390 e. The highest BCUT2D eigenvalue weighted by atomic mass is 16.3. The van der Waals surface area contributed by atoms with Crippen molar-refractivity contribution in [2.75, 3.05) is 0 Å². The van der Waals surface area contributed by atoms with Crippen molar-refractivity contribution in [3.8, 4) is 0 Å². The summed E-state index contributed by atoms with van der Waals surface area (Å²) in [6.45, 7) is 6.09. The summed E-state index contributed by atoms with van der Waals surface area (Å²) >= 11 is 0. The first-order valence-corrected chi connectivity index (χ1v) is 5.31. The van der Waals surface area contributed by atoms with Crippen LogP contribution in [0.3, 0.4) is 0 Å². The largest absolute Gasteiger partial charge is 0.390 e. The molecule has 1 N–H and O–H groups in total. The molecule has 1 aromatic rings. The fourth-order valence-electron chi connectivity index (χ4n) is 1.77. The number of benzene rings is 1. The molecule has 0 aliphatic carbocycles. The van der Waals surface area contributed by atoms with Crippen molar-refractivity contribution in [1.29, 1.82) is 0 Å². The van der Waals surface area contributed by atoms with Crippen LogP contribution in [-0.4, -0.2) is 10.7 Å². The van der Waals surface area contributed by atoms with Crippen LogP contribution < -0.4 is 0 Å². The quantitative estimate of drug-likeness (QED) is 0.777. The molecular formula is C13H20O. The van der Waals surface area contributed by atoms with Crippen LogP contribution in [0.25, 0.3) is 0 Å². The van der Waals surface area contributed by atoms with Crippen LogP contribution in [0, 0.1) is 6.92 Å². The summed E-state index contributed by atoms with van der Waals surface area (Å²) in [5.41, 5.74) is 1.93. The Kier molecular flexibility index (Phi) is 3.70. The van der Waals surface area contributed by atoms with Crippen molar-refractivity contribution in [3.63, 3.8) is 0 Å². The van der Waals surface area contributed by atoms with Crippen LogP contribution >= 0.6 is 0 Å². The number of aryl methyl sites for hydroxylation is 1. The maximum absolute atomic E-state index is 10.0. The van der Waals surface area contributed by atoms with Gasteiger partial charge in [0.25, 0.3) is 0 Å². The molecule has 0 spiro atoms. The van der Waals surface area contributed by atoms with Crippen molar-refractivity contribution >= 4 is 0 Å². The summed E-state index contributed by atoms with van der Waals surface area (Å²) < 4.78 is 0. The molecule has 0 fully saturated rings. The van der Waals surface area contributed by atoms with Gasteiger partial charge in [-0.05, 0) is 25.8 Å². The zero-order valence-electron chi connectivity index (χ0n) is 9.38. The van der Waals surface area contributed by atoms with Gasteiger partial charge in [0, 0.05) is 6.42 Å². The van der Waals surface area contributed by atoms with Crippen molar-refractivity contribution in [1.82, 2.24) is 0 Å². The summed E-state index contributed by atoms with van der Waals surface area (Å²) in [5, 5.41) is 10.0. The standard InChI is InChI=1S/C13H20O/c1-4-9-13(3,14)10-12-7-5-11(2)6-8-12/h5-8,14H,4,9-10H2,1-3H3. The van der Waals surface area contributed by atoms with Crippen LogP contribution in [0.15, 0.2) is 24.3 Å². The lowest BCUT2D eigenvalue weighted by Crippen LogP contribution is -2.26. The molecule has 0 bridgehead atoms. The molecule has 0 heterocycles. The van der Waals surface area contributed by atoms with Crippen molar-refractivity contribution in [2.45, 2.75) is 45.6 Å². The third-order valence-electron chi connectivity index (χ3n) is 2.49. The summed E-state index contributed by atoms with van der Waals surface area (Å²) in [5.74, 6) is 0. The first kappa shape index (κ1) is 11.3. The first-order valence-electron chi connectivity index (χ1n) is 5.31. The average Bonchev–Trinajstić information content (AvgIpc) is 2.08. The highest BCUT2D eigenvalue weighted by Crippen LogP contribution is 2.18. The lowest BCUT2D eigenvalue weighted by molar-refractivity contribution is 0.0505. The Labute approximate surface area is 86.8 Å². The smallest absolute Gasteiger partial charge is 0.0659 e. The molecule has 14 heavy (non-hydrogen) atoms. The zero-order chi connectivity index (χ0) is 10.6. The van der Waals surface area contributed by atoms with Crippen LogP contribution in [0.2, 0.25) is 0 Å². The van der Waals surface area contributed by atoms with E-state index in [-0.39, 0.29) is 0 Å². The van der Waals surface area contributed by atoms with E-state index < -0.39 is 5.60 Å². The van der Waals surface area contributed by atoms with Crippen LogP contribution in [0.4, 0.5) is 0 Å². The summed E-state index contributed by atoms with van der Waals surface area (Å²) in [6, 6.07) is 8.38. The number of hydrogen-bond acceptors (Lipinski definition) is 1. The fraction of sp³-hybridized carbons (Fsp3) is 0.538. The number of rotatable bonds is 4. The van der Waals surface area contributed by atoms with Gasteiger partial charge in [0.15, 0.2) is 0 Å². The molecule has 78 valence electrons. The topological polar surface area (TPSA) is 20.2 Å². The predicted octanol–water partition coefficient (Wildman–Crippen LogP) is 3.09. The maximum Gasteiger partial charge on any atom is 0.0659 e. The number of hydrogen-bond donors (Lipinski definition) is 1. The molecule has 0 aliphatic heterocycles. The SMILES string of the molecule is CCCC(C)(O)Cc1ccc(C)cc1. The highest BCUT2D eigenvalue weighted by Gasteiger charge is 2.19. The molecule has 1 atom stereocenters. The predicted molar refractivity (Wildman–Crippen MR) is 60.4 cm³/mol. The van der Waals surface area contributed by atoms with Gasteiger partial charge in [-0.15, -0.1) is 0 Å². The van der Waals surface area contributed by atoms with E-state index in [4.69, 9.17) is 0 Å². The van der Waals surface area contributed by atoms with Crippen LogP contribution in [0.1, 0.15) is 37.8 Å². The summed E-state index contributed by atoms with van der Waals surface area (Å²) in [4.78, 5) is 0. The van der Waals surface area contributed by atoms with E-state index in [0.29, 0.717) is 0 Å². The van der Waals surface area contributed by atoms with Crippen molar-refractivity contribution in [3.05, 3.63) is 35.4 Å². The first-order chi connectivity index (χ1) is 6.53. The van der Waals surface area contributed by atoms with Gasteiger partial charge in [0.1, 0.15) is 0 Å². The second kappa shape index (κ2) is 4.61. The molecule has 0 aliphatic rings. The van der Waals surface area contributed by atoms with Gasteiger partial charge in [0.2, 0.25) is 0 Å². The van der Waals surface area contributed by atoms with E-state index in [9.17, 15) is 5.11 Å². The van der Waals surface area contributed by atoms with E-state index in [2.05, 4.69) is 38.1 Å². The molecule has 1 nitrogen and oxygen atoms in total. The molecule has 1 aromatic carbocycles.